The van der Waals surface area contributed by atoms with Crippen LogP contribution in [0.2, 0.25) is 0 Å². The number of hydrogen-bond donors (Lipinski definition) is 0. The minimum atomic E-state index is -3.91. The molecule has 0 amide bonds. The molecule has 8 nitrogen and oxygen atoms in total. The Morgan fingerprint density at radius 2 is 1.36 bits per heavy atom. The third kappa shape index (κ3) is 7.14. The van der Waals surface area contributed by atoms with E-state index in [-0.39, 0.29) is 10.5 Å². The van der Waals surface area contributed by atoms with E-state index in [4.69, 9.17) is 9.47 Å². The molecule has 36 heavy (non-hydrogen) atoms. The third-order valence-corrected chi connectivity index (χ3v) is 6.27. The Kier molecular flexibility index (Phi) is 7.54. The molecule has 190 valence electrons. The fourth-order valence-electron chi connectivity index (χ4n) is 3.17. The molecule has 0 bridgehead atoms. The van der Waals surface area contributed by atoms with Crippen LogP contribution < -0.4 is 0 Å². The van der Waals surface area contributed by atoms with Crippen LogP contribution >= 0.6 is 0 Å². The van der Waals surface area contributed by atoms with Crippen LogP contribution in [0.3, 0.4) is 0 Å². The zero-order valence-electron chi connectivity index (χ0n) is 21.2. The number of fused-ring (bicyclic) bond motifs is 1. The fraction of sp³-hybridized carbons (Fsp3) is 0.296. The lowest BCUT2D eigenvalue weighted by Gasteiger charge is -2.17. The number of esters is 2. The maximum absolute atomic E-state index is 13.2. The number of rotatable bonds is 6. The molecule has 0 aliphatic heterocycles. The normalized spacial score (nSPS) is 12.9. The molecule has 0 aliphatic carbocycles. The summed E-state index contributed by atoms with van der Waals surface area (Å²) in [6.07, 6.45) is 8.65. The summed E-state index contributed by atoms with van der Waals surface area (Å²) in [4.78, 5) is 28.1. The average molecular weight is 511 g/mol. The van der Waals surface area contributed by atoms with Crippen molar-refractivity contribution in [3.8, 4) is 0 Å². The molecule has 0 fully saturated rings. The van der Waals surface area contributed by atoms with Crippen LogP contribution in [0, 0.1) is 0 Å². The van der Waals surface area contributed by atoms with Gasteiger partial charge in [0.2, 0.25) is 0 Å². The number of ether oxygens (including phenoxy) is 2. The average Bonchev–Trinajstić information content (AvgIpc) is 3.18. The standard InChI is InChI=1S/C27H30N2O6S/c1-26(2,3)34-23(30)13-9-19-7-11-22(12-8-19)36(32,33)29-16-15-21-17-20(18-28-25(21)29)10-14-24(31)35-27(4,5)6/h7-18H,1-6H3/b13-9+,14-10+. The summed E-state index contributed by atoms with van der Waals surface area (Å²) < 4.78 is 38.0. The number of carbonyl (C=O) groups excluding carboxylic acids is 2. The van der Waals surface area contributed by atoms with Gasteiger partial charge in [-0.25, -0.2) is 27.0 Å². The monoisotopic (exact) mass is 510 g/mol. The number of carbonyl (C=O) groups is 2. The van der Waals surface area contributed by atoms with E-state index < -0.39 is 33.2 Å². The van der Waals surface area contributed by atoms with Crippen molar-refractivity contribution in [3.05, 3.63) is 72.1 Å². The molecule has 9 heteroatoms. The van der Waals surface area contributed by atoms with Gasteiger partial charge >= 0.3 is 11.9 Å². The van der Waals surface area contributed by atoms with Crippen molar-refractivity contribution in [2.24, 2.45) is 0 Å². The van der Waals surface area contributed by atoms with Crippen molar-refractivity contribution < 1.29 is 27.5 Å². The Morgan fingerprint density at radius 1 is 0.833 bits per heavy atom. The molecule has 0 unspecified atom stereocenters. The van der Waals surface area contributed by atoms with Crippen LogP contribution in [0.15, 0.2) is 65.8 Å². The smallest absolute Gasteiger partial charge is 0.331 e. The second kappa shape index (κ2) is 10.1. The van der Waals surface area contributed by atoms with Crippen molar-refractivity contribution in [3.63, 3.8) is 0 Å². The maximum atomic E-state index is 13.2. The molecule has 0 saturated heterocycles. The number of pyridine rings is 1. The van der Waals surface area contributed by atoms with Crippen LogP contribution in [0.5, 0.6) is 0 Å². The van der Waals surface area contributed by atoms with Crippen LogP contribution in [-0.2, 0) is 29.1 Å². The second-order valence-corrected chi connectivity index (χ2v) is 11.9. The lowest BCUT2D eigenvalue weighted by molar-refractivity contribution is -0.149. The lowest BCUT2D eigenvalue weighted by atomic mass is 10.2. The molecular weight excluding hydrogens is 480 g/mol. The summed E-state index contributed by atoms with van der Waals surface area (Å²) in [7, 11) is -3.91. The topological polar surface area (TPSA) is 105 Å². The largest absolute Gasteiger partial charge is 0.457 e. The van der Waals surface area contributed by atoms with E-state index in [1.54, 1.807) is 78.0 Å². The highest BCUT2D eigenvalue weighted by Gasteiger charge is 2.20. The predicted octanol–water partition coefficient (Wildman–Crippen LogP) is 4.98. The highest BCUT2D eigenvalue weighted by Crippen LogP contribution is 2.23. The first-order valence-corrected chi connectivity index (χ1v) is 12.7. The Hall–Kier alpha value is -3.72. The van der Waals surface area contributed by atoms with E-state index in [1.165, 1.54) is 36.7 Å². The van der Waals surface area contributed by atoms with E-state index in [0.717, 1.165) is 3.97 Å². The van der Waals surface area contributed by atoms with E-state index in [2.05, 4.69) is 4.98 Å². The minimum absolute atomic E-state index is 0.0742. The second-order valence-electron chi connectivity index (χ2n) is 10.1. The highest BCUT2D eigenvalue weighted by molar-refractivity contribution is 7.90. The summed E-state index contributed by atoms with van der Waals surface area (Å²) in [6.45, 7) is 10.7. The van der Waals surface area contributed by atoms with Gasteiger partial charge in [0.05, 0.1) is 4.90 Å². The van der Waals surface area contributed by atoms with Gasteiger partial charge in [0.15, 0.2) is 5.65 Å². The summed E-state index contributed by atoms with van der Waals surface area (Å²) in [5, 5.41) is 0.599. The van der Waals surface area contributed by atoms with Crippen LogP contribution in [-0.4, -0.2) is 40.5 Å². The van der Waals surface area contributed by atoms with E-state index in [1.807, 2.05) is 0 Å². The van der Waals surface area contributed by atoms with Gasteiger partial charge in [-0.3, -0.25) is 0 Å². The van der Waals surface area contributed by atoms with E-state index in [0.29, 0.717) is 16.5 Å². The molecule has 0 spiro atoms. The predicted molar refractivity (Wildman–Crippen MR) is 139 cm³/mol. The van der Waals surface area contributed by atoms with Gasteiger partial charge in [-0.1, -0.05) is 12.1 Å². The zero-order valence-corrected chi connectivity index (χ0v) is 22.0. The lowest BCUT2D eigenvalue weighted by Crippen LogP contribution is -2.22. The SMILES string of the molecule is CC(C)(C)OC(=O)/C=C/c1ccc(S(=O)(=O)n2ccc3cc(/C=C/C(=O)OC(C)(C)C)cnc32)cc1. The quantitative estimate of drug-likeness (QED) is 0.340. The Morgan fingerprint density at radius 3 is 1.89 bits per heavy atom. The van der Waals surface area contributed by atoms with Crippen LogP contribution in [0.1, 0.15) is 52.7 Å². The van der Waals surface area contributed by atoms with Gasteiger partial charge < -0.3 is 9.47 Å². The third-order valence-electron chi connectivity index (χ3n) is 4.59. The molecule has 3 rings (SSSR count). The highest BCUT2D eigenvalue weighted by atomic mass is 32.2. The Balaban J connectivity index is 1.79. The van der Waals surface area contributed by atoms with Crippen molar-refractivity contribution in [2.75, 3.05) is 0 Å². The fourth-order valence-corrected chi connectivity index (χ4v) is 4.48. The molecule has 1 aromatic carbocycles. The molecule has 0 radical (unpaired) electrons. The molecule has 0 N–H and O–H groups in total. The van der Waals surface area contributed by atoms with Crippen molar-refractivity contribution in [1.29, 1.82) is 0 Å². The number of nitrogens with zero attached hydrogens (tertiary/aromatic N) is 2. The van der Waals surface area contributed by atoms with Gasteiger partial charge in [-0.2, -0.15) is 0 Å². The first-order chi connectivity index (χ1) is 16.6. The zero-order chi connectivity index (χ0) is 26.7. The summed E-state index contributed by atoms with van der Waals surface area (Å²) in [5.74, 6) is -0.962. The van der Waals surface area contributed by atoms with Crippen molar-refractivity contribution in [2.45, 2.75) is 57.6 Å². The van der Waals surface area contributed by atoms with Crippen molar-refractivity contribution in [1.82, 2.24) is 8.96 Å². The molecular formula is C27H30N2O6S. The first-order valence-electron chi connectivity index (χ1n) is 11.3. The van der Waals surface area contributed by atoms with Gasteiger partial charge in [0.1, 0.15) is 11.2 Å². The molecule has 2 aromatic heterocycles. The van der Waals surface area contributed by atoms with E-state index in [9.17, 15) is 18.0 Å². The van der Waals surface area contributed by atoms with Crippen LogP contribution in [0.25, 0.3) is 23.2 Å². The van der Waals surface area contributed by atoms with Gasteiger partial charge in [0.25, 0.3) is 10.0 Å². The van der Waals surface area contributed by atoms with Gasteiger partial charge in [0, 0.05) is 29.9 Å². The van der Waals surface area contributed by atoms with Crippen molar-refractivity contribution >= 4 is 45.1 Å². The summed E-state index contributed by atoms with van der Waals surface area (Å²) >= 11 is 0. The summed E-state index contributed by atoms with van der Waals surface area (Å²) in [6, 6.07) is 9.52. The number of hydrogen-bond acceptors (Lipinski definition) is 7. The van der Waals surface area contributed by atoms with Crippen LogP contribution in [0.4, 0.5) is 0 Å². The summed E-state index contributed by atoms with van der Waals surface area (Å²) in [5.41, 5.74) is 0.351. The number of aromatic nitrogens is 2. The maximum Gasteiger partial charge on any atom is 0.331 e. The molecule has 0 aliphatic rings. The van der Waals surface area contributed by atoms with Gasteiger partial charge in [-0.05, 0) is 89.1 Å². The molecule has 0 atom stereocenters. The Labute approximate surface area is 211 Å². The minimum Gasteiger partial charge on any atom is -0.457 e. The number of benzene rings is 1. The first kappa shape index (κ1) is 26.9. The molecule has 0 saturated carbocycles. The molecule has 3 aromatic rings. The van der Waals surface area contributed by atoms with Gasteiger partial charge in [-0.15, -0.1) is 0 Å². The van der Waals surface area contributed by atoms with E-state index >= 15 is 0 Å². The molecule has 2 heterocycles. The Bertz CT molecular complexity index is 1430.